The van der Waals surface area contributed by atoms with Crippen LogP contribution in [-0.2, 0) is 0 Å². The molecular formula is C10H16N2O2. The van der Waals surface area contributed by atoms with Crippen LogP contribution in [0.4, 0.5) is 0 Å². The maximum absolute atomic E-state index is 11.5. The van der Waals surface area contributed by atoms with Gasteiger partial charge in [0.15, 0.2) is 0 Å². The number of H-pyrrole nitrogens is 1. The highest BCUT2D eigenvalue weighted by Gasteiger charge is 2.11. The molecule has 78 valence electrons. The van der Waals surface area contributed by atoms with E-state index in [1.807, 2.05) is 6.92 Å². The van der Waals surface area contributed by atoms with Crippen LogP contribution >= 0.6 is 0 Å². The number of aliphatic hydroxyl groups is 1. The van der Waals surface area contributed by atoms with Gasteiger partial charge < -0.3 is 15.4 Å². The van der Waals surface area contributed by atoms with E-state index in [1.54, 1.807) is 18.3 Å². The van der Waals surface area contributed by atoms with Crippen LogP contribution in [0.5, 0.6) is 0 Å². The van der Waals surface area contributed by atoms with Crippen molar-refractivity contribution in [1.29, 1.82) is 0 Å². The molecule has 14 heavy (non-hydrogen) atoms. The SMILES string of the molecule is CCC(CCO)NC(=O)c1ccc[nH]1. The van der Waals surface area contributed by atoms with Gasteiger partial charge in [0.05, 0.1) is 0 Å². The summed E-state index contributed by atoms with van der Waals surface area (Å²) in [6, 6.07) is 3.55. The number of amides is 1. The summed E-state index contributed by atoms with van der Waals surface area (Å²) in [5, 5.41) is 11.6. The van der Waals surface area contributed by atoms with Gasteiger partial charge in [0, 0.05) is 18.8 Å². The molecule has 1 amide bonds. The fraction of sp³-hybridized carbons (Fsp3) is 0.500. The molecular weight excluding hydrogens is 180 g/mol. The lowest BCUT2D eigenvalue weighted by Crippen LogP contribution is -2.35. The van der Waals surface area contributed by atoms with Crippen molar-refractivity contribution in [1.82, 2.24) is 10.3 Å². The van der Waals surface area contributed by atoms with Gasteiger partial charge in [-0.2, -0.15) is 0 Å². The number of aliphatic hydroxyl groups excluding tert-OH is 1. The van der Waals surface area contributed by atoms with Crippen LogP contribution in [0.1, 0.15) is 30.3 Å². The zero-order valence-electron chi connectivity index (χ0n) is 8.29. The van der Waals surface area contributed by atoms with Gasteiger partial charge in [0.2, 0.25) is 0 Å². The molecule has 1 atom stereocenters. The molecule has 0 spiro atoms. The first-order valence-electron chi connectivity index (χ1n) is 4.83. The Bertz CT molecular complexity index is 270. The lowest BCUT2D eigenvalue weighted by atomic mass is 10.1. The fourth-order valence-electron chi connectivity index (χ4n) is 1.27. The maximum atomic E-state index is 11.5. The van der Waals surface area contributed by atoms with Crippen LogP contribution in [0.3, 0.4) is 0 Å². The number of hydrogen-bond donors (Lipinski definition) is 3. The fourth-order valence-corrected chi connectivity index (χ4v) is 1.27. The van der Waals surface area contributed by atoms with Crippen molar-refractivity contribution >= 4 is 5.91 Å². The zero-order chi connectivity index (χ0) is 10.4. The Morgan fingerprint density at radius 2 is 2.50 bits per heavy atom. The summed E-state index contributed by atoms with van der Waals surface area (Å²) in [7, 11) is 0. The summed E-state index contributed by atoms with van der Waals surface area (Å²) < 4.78 is 0. The molecule has 0 aliphatic carbocycles. The zero-order valence-corrected chi connectivity index (χ0v) is 8.29. The first kappa shape index (κ1) is 10.8. The van der Waals surface area contributed by atoms with Crippen molar-refractivity contribution in [3.8, 4) is 0 Å². The number of carbonyl (C=O) groups is 1. The van der Waals surface area contributed by atoms with Gasteiger partial charge >= 0.3 is 0 Å². The Morgan fingerprint density at radius 3 is 3.00 bits per heavy atom. The van der Waals surface area contributed by atoms with E-state index in [2.05, 4.69) is 10.3 Å². The molecule has 0 aliphatic rings. The minimum Gasteiger partial charge on any atom is -0.396 e. The quantitative estimate of drug-likeness (QED) is 0.655. The van der Waals surface area contributed by atoms with Crippen molar-refractivity contribution in [3.63, 3.8) is 0 Å². The predicted octanol–water partition coefficient (Wildman–Crippen LogP) is 0.906. The van der Waals surface area contributed by atoms with Gasteiger partial charge in [0.1, 0.15) is 5.69 Å². The molecule has 0 bridgehead atoms. The average Bonchev–Trinajstić information content (AvgIpc) is 2.69. The van der Waals surface area contributed by atoms with E-state index in [9.17, 15) is 4.79 Å². The Morgan fingerprint density at radius 1 is 1.71 bits per heavy atom. The number of nitrogens with one attached hydrogen (secondary N) is 2. The molecule has 0 saturated carbocycles. The molecule has 0 aliphatic heterocycles. The minimum atomic E-state index is -0.115. The van der Waals surface area contributed by atoms with E-state index in [0.29, 0.717) is 12.1 Å². The van der Waals surface area contributed by atoms with Crippen LogP contribution < -0.4 is 5.32 Å². The van der Waals surface area contributed by atoms with E-state index < -0.39 is 0 Å². The number of carbonyl (C=O) groups excluding carboxylic acids is 1. The van der Waals surface area contributed by atoms with E-state index in [4.69, 9.17) is 5.11 Å². The second kappa shape index (κ2) is 5.44. The van der Waals surface area contributed by atoms with Crippen LogP contribution in [-0.4, -0.2) is 28.6 Å². The van der Waals surface area contributed by atoms with Crippen molar-refractivity contribution < 1.29 is 9.90 Å². The second-order valence-corrected chi connectivity index (χ2v) is 3.17. The summed E-state index contributed by atoms with van der Waals surface area (Å²) in [6.45, 7) is 2.08. The lowest BCUT2D eigenvalue weighted by molar-refractivity contribution is 0.0924. The van der Waals surface area contributed by atoms with Crippen molar-refractivity contribution in [2.45, 2.75) is 25.8 Å². The van der Waals surface area contributed by atoms with E-state index in [1.165, 1.54) is 0 Å². The molecule has 0 saturated heterocycles. The van der Waals surface area contributed by atoms with E-state index >= 15 is 0 Å². The Hall–Kier alpha value is -1.29. The molecule has 0 aromatic carbocycles. The highest BCUT2D eigenvalue weighted by atomic mass is 16.3. The van der Waals surface area contributed by atoms with Gasteiger partial charge in [-0.1, -0.05) is 6.92 Å². The second-order valence-electron chi connectivity index (χ2n) is 3.17. The Kier molecular flexibility index (Phi) is 4.19. The molecule has 0 radical (unpaired) electrons. The first-order chi connectivity index (χ1) is 6.77. The van der Waals surface area contributed by atoms with E-state index in [0.717, 1.165) is 6.42 Å². The number of aromatic amines is 1. The molecule has 1 heterocycles. The van der Waals surface area contributed by atoms with Crippen LogP contribution in [0.15, 0.2) is 18.3 Å². The molecule has 1 unspecified atom stereocenters. The number of hydrogen-bond acceptors (Lipinski definition) is 2. The molecule has 3 N–H and O–H groups in total. The van der Waals surface area contributed by atoms with Crippen LogP contribution in [0.2, 0.25) is 0 Å². The summed E-state index contributed by atoms with van der Waals surface area (Å²) in [5.74, 6) is -0.115. The summed E-state index contributed by atoms with van der Waals surface area (Å²) >= 11 is 0. The monoisotopic (exact) mass is 196 g/mol. The van der Waals surface area contributed by atoms with Crippen LogP contribution in [0, 0.1) is 0 Å². The molecule has 1 rings (SSSR count). The largest absolute Gasteiger partial charge is 0.396 e. The summed E-state index contributed by atoms with van der Waals surface area (Å²) in [4.78, 5) is 14.4. The summed E-state index contributed by atoms with van der Waals surface area (Å²) in [5.41, 5.74) is 0.557. The van der Waals surface area contributed by atoms with Crippen LogP contribution in [0.25, 0.3) is 0 Å². The molecule has 1 aromatic rings. The third kappa shape index (κ3) is 2.88. The van der Waals surface area contributed by atoms with Crippen molar-refractivity contribution in [2.75, 3.05) is 6.61 Å². The lowest BCUT2D eigenvalue weighted by Gasteiger charge is -2.14. The van der Waals surface area contributed by atoms with Gasteiger partial charge in [-0.05, 0) is 25.0 Å². The normalized spacial score (nSPS) is 12.4. The Balaban J connectivity index is 2.47. The highest BCUT2D eigenvalue weighted by molar-refractivity contribution is 5.92. The third-order valence-corrected chi connectivity index (χ3v) is 2.15. The van der Waals surface area contributed by atoms with Crippen molar-refractivity contribution in [2.24, 2.45) is 0 Å². The van der Waals surface area contributed by atoms with Gasteiger partial charge in [-0.25, -0.2) is 0 Å². The molecule has 4 nitrogen and oxygen atoms in total. The average molecular weight is 196 g/mol. The smallest absolute Gasteiger partial charge is 0.267 e. The minimum absolute atomic E-state index is 0.0517. The van der Waals surface area contributed by atoms with Gasteiger partial charge in [-0.3, -0.25) is 4.79 Å². The van der Waals surface area contributed by atoms with Gasteiger partial charge in [-0.15, -0.1) is 0 Å². The number of rotatable bonds is 5. The molecule has 1 aromatic heterocycles. The molecule has 0 fully saturated rings. The third-order valence-electron chi connectivity index (χ3n) is 2.15. The molecule has 4 heteroatoms. The predicted molar refractivity (Wildman–Crippen MR) is 54.0 cm³/mol. The van der Waals surface area contributed by atoms with Gasteiger partial charge in [0.25, 0.3) is 5.91 Å². The topological polar surface area (TPSA) is 65.1 Å². The Labute approximate surface area is 83.3 Å². The highest BCUT2D eigenvalue weighted by Crippen LogP contribution is 2.00. The maximum Gasteiger partial charge on any atom is 0.267 e. The number of aromatic nitrogens is 1. The first-order valence-corrected chi connectivity index (χ1v) is 4.83. The van der Waals surface area contributed by atoms with E-state index in [-0.39, 0.29) is 18.6 Å². The standard InChI is InChI=1S/C10H16N2O2/c1-2-8(5-7-13)12-10(14)9-4-3-6-11-9/h3-4,6,8,11,13H,2,5,7H2,1H3,(H,12,14). The van der Waals surface area contributed by atoms with Crippen molar-refractivity contribution in [3.05, 3.63) is 24.0 Å². The summed E-state index contributed by atoms with van der Waals surface area (Å²) in [6.07, 6.45) is 3.14.